The molecule has 3 aromatic carbocycles. The monoisotopic (exact) mass is 290 g/mol. The van der Waals surface area contributed by atoms with Crippen molar-refractivity contribution in [2.45, 2.75) is 0 Å². The van der Waals surface area contributed by atoms with Crippen LogP contribution in [0.25, 0.3) is 22.3 Å². The summed E-state index contributed by atoms with van der Waals surface area (Å²) < 4.78 is 0. The Morgan fingerprint density at radius 1 is 0.545 bits per heavy atom. The van der Waals surface area contributed by atoms with Crippen molar-refractivity contribution in [3.05, 3.63) is 72.8 Å². The number of rotatable bonds is 4. The lowest BCUT2D eigenvalue weighted by Gasteiger charge is -2.13. The van der Waals surface area contributed by atoms with E-state index in [-0.39, 0.29) is 0 Å². The third kappa shape index (κ3) is 2.79. The minimum absolute atomic E-state index is 0.878. The van der Waals surface area contributed by atoms with Gasteiger partial charge in [-0.05, 0) is 46.5 Å². The molecule has 0 aromatic heterocycles. The molecule has 3 rings (SSSR count). The minimum atomic E-state index is 0.878. The first-order valence-electron chi connectivity index (χ1n) is 7.05. The summed E-state index contributed by atoms with van der Waals surface area (Å²) in [5, 5.41) is 0. The van der Waals surface area contributed by atoms with Gasteiger partial charge in [-0.3, -0.25) is 11.7 Å². The summed E-state index contributed by atoms with van der Waals surface area (Å²) >= 11 is 0. The van der Waals surface area contributed by atoms with Crippen LogP contribution in [0.5, 0.6) is 0 Å². The maximum Gasteiger partial charge on any atom is 0.0491 e. The Morgan fingerprint density at radius 2 is 1.14 bits per heavy atom. The van der Waals surface area contributed by atoms with Crippen molar-refractivity contribution in [1.82, 2.24) is 0 Å². The fourth-order valence-corrected chi connectivity index (χ4v) is 2.49. The fraction of sp³-hybridized carbons (Fsp3) is 0. The molecular weight excluding hydrogens is 272 g/mol. The van der Waals surface area contributed by atoms with Crippen LogP contribution in [0.1, 0.15) is 0 Å². The van der Waals surface area contributed by atoms with Crippen LogP contribution in [0.2, 0.25) is 0 Å². The van der Waals surface area contributed by atoms with Gasteiger partial charge in [-0.15, -0.1) is 0 Å². The number of nitrogens with one attached hydrogen (secondary N) is 2. The average Bonchev–Trinajstić information content (AvgIpc) is 2.62. The summed E-state index contributed by atoms with van der Waals surface area (Å²) in [4.78, 5) is 0. The predicted molar refractivity (Wildman–Crippen MR) is 92.9 cm³/mol. The Morgan fingerprint density at radius 3 is 1.77 bits per heavy atom. The molecule has 0 saturated carbocycles. The van der Waals surface area contributed by atoms with Crippen LogP contribution in [0.4, 0.5) is 11.4 Å². The second-order valence-corrected chi connectivity index (χ2v) is 4.99. The molecule has 0 aliphatic heterocycles. The topological polar surface area (TPSA) is 76.1 Å². The number of benzene rings is 3. The van der Waals surface area contributed by atoms with Crippen LogP contribution in [0, 0.1) is 0 Å². The van der Waals surface area contributed by atoms with Crippen molar-refractivity contribution in [3.8, 4) is 22.3 Å². The maximum absolute atomic E-state index is 5.55. The highest BCUT2D eigenvalue weighted by atomic mass is 15.2. The molecule has 22 heavy (non-hydrogen) atoms. The molecular formula is C18H18N4. The summed E-state index contributed by atoms with van der Waals surface area (Å²) in [6, 6.07) is 24.4. The van der Waals surface area contributed by atoms with Gasteiger partial charge in [0.05, 0.1) is 0 Å². The van der Waals surface area contributed by atoms with Crippen LogP contribution in [-0.2, 0) is 0 Å². The zero-order chi connectivity index (χ0) is 15.4. The van der Waals surface area contributed by atoms with Gasteiger partial charge in [0.25, 0.3) is 0 Å². The van der Waals surface area contributed by atoms with Gasteiger partial charge in [0.2, 0.25) is 0 Å². The first-order chi connectivity index (χ1) is 10.8. The molecule has 0 aliphatic rings. The molecule has 0 atom stereocenters. The van der Waals surface area contributed by atoms with Gasteiger partial charge in [-0.25, -0.2) is 0 Å². The molecule has 0 unspecified atom stereocenters. The summed E-state index contributed by atoms with van der Waals surface area (Å²) in [5.74, 6) is 11.0. The van der Waals surface area contributed by atoms with E-state index in [0.29, 0.717) is 0 Å². The molecule has 4 nitrogen and oxygen atoms in total. The van der Waals surface area contributed by atoms with E-state index < -0.39 is 0 Å². The highest BCUT2D eigenvalue weighted by molar-refractivity contribution is 5.86. The van der Waals surface area contributed by atoms with E-state index >= 15 is 0 Å². The lowest BCUT2D eigenvalue weighted by Crippen LogP contribution is -2.07. The van der Waals surface area contributed by atoms with Crippen molar-refractivity contribution in [2.75, 3.05) is 10.9 Å². The Hall–Kier alpha value is -2.82. The lowest BCUT2D eigenvalue weighted by molar-refractivity contribution is 1.35. The molecule has 0 bridgehead atoms. The van der Waals surface area contributed by atoms with Gasteiger partial charge in [0.1, 0.15) is 0 Å². The van der Waals surface area contributed by atoms with E-state index in [2.05, 4.69) is 35.1 Å². The molecule has 0 amide bonds. The average molecular weight is 290 g/mol. The smallest absolute Gasteiger partial charge is 0.0491 e. The van der Waals surface area contributed by atoms with Crippen molar-refractivity contribution < 1.29 is 0 Å². The van der Waals surface area contributed by atoms with Gasteiger partial charge in [-0.2, -0.15) is 0 Å². The Kier molecular flexibility index (Phi) is 4.05. The number of nitrogen functional groups attached to an aromatic ring is 2. The molecule has 3 aromatic rings. The van der Waals surface area contributed by atoms with Crippen LogP contribution in [0.3, 0.4) is 0 Å². The van der Waals surface area contributed by atoms with Crippen LogP contribution >= 0.6 is 0 Å². The van der Waals surface area contributed by atoms with Crippen molar-refractivity contribution in [2.24, 2.45) is 11.7 Å². The zero-order valence-corrected chi connectivity index (χ0v) is 12.1. The van der Waals surface area contributed by atoms with Gasteiger partial charge in [-0.1, -0.05) is 48.5 Å². The van der Waals surface area contributed by atoms with Gasteiger partial charge < -0.3 is 10.9 Å². The normalized spacial score (nSPS) is 10.3. The quantitative estimate of drug-likeness (QED) is 0.437. The van der Waals surface area contributed by atoms with Crippen LogP contribution < -0.4 is 22.5 Å². The zero-order valence-electron chi connectivity index (χ0n) is 12.1. The Balaban J connectivity index is 2.14. The van der Waals surface area contributed by atoms with Gasteiger partial charge >= 0.3 is 0 Å². The van der Waals surface area contributed by atoms with E-state index in [9.17, 15) is 0 Å². The molecule has 4 heteroatoms. The third-order valence-corrected chi connectivity index (χ3v) is 3.63. The summed E-state index contributed by atoms with van der Waals surface area (Å²) in [7, 11) is 0. The van der Waals surface area contributed by atoms with Crippen LogP contribution in [-0.4, -0.2) is 0 Å². The molecule has 0 radical (unpaired) electrons. The number of nitrogens with two attached hydrogens (primary N) is 2. The lowest BCUT2D eigenvalue weighted by atomic mass is 9.94. The Bertz CT molecular complexity index is 752. The van der Waals surface area contributed by atoms with Crippen molar-refractivity contribution in [1.29, 1.82) is 0 Å². The fourth-order valence-electron chi connectivity index (χ4n) is 2.49. The summed E-state index contributed by atoms with van der Waals surface area (Å²) in [6.45, 7) is 0. The van der Waals surface area contributed by atoms with Gasteiger partial charge in [0.15, 0.2) is 0 Å². The summed E-state index contributed by atoms with van der Waals surface area (Å²) in [5.41, 5.74) is 11.7. The largest absolute Gasteiger partial charge is 0.324 e. The van der Waals surface area contributed by atoms with Crippen molar-refractivity contribution >= 4 is 11.4 Å². The van der Waals surface area contributed by atoms with E-state index in [1.165, 1.54) is 0 Å². The first kappa shape index (κ1) is 14.1. The SMILES string of the molecule is NNc1ccc(-c2ccc(NN)cc2-c2ccccc2)cc1. The van der Waals surface area contributed by atoms with E-state index in [0.717, 1.165) is 33.6 Å². The number of anilines is 2. The first-order valence-corrected chi connectivity index (χ1v) is 7.05. The molecule has 0 spiro atoms. The second-order valence-electron chi connectivity index (χ2n) is 4.99. The molecule has 0 aliphatic carbocycles. The van der Waals surface area contributed by atoms with E-state index in [4.69, 9.17) is 11.7 Å². The number of hydrazine groups is 2. The number of hydrogen-bond acceptors (Lipinski definition) is 4. The summed E-state index contributed by atoms with van der Waals surface area (Å²) in [6.07, 6.45) is 0. The van der Waals surface area contributed by atoms with E-state index in [1.54, 1.807) is 0 Å². The molecule has 6 N–H and O–H groups in total. The van der Waals surface area contributed by atoms with E-state index in [1.807, 2.05) is 48.5 Å². The number of hydrogen-bond donors (Lipinski definition) is 4. The predicted octanol–water partition coefficient (Wildman–Crippen LogP) is 3.59. The molecule has 0 saturated heterocycles. The highest BCUT2D eigenvalue weighted by Gasteiger charge is 2.08. The molecule has 110 valence electrons. The molecule has 0 heterocycles. The standard InChI is InChI=1S/C18H18N4/c19-21-15-8-6-14(7-9-15)17-11-10-16(22-20)12-18(17)13-4-2-1-3-5-13/h1-12,21-22H,19-20H2. The molecule has 0 fully saturated rings. The third-order valence-electron chi connectivity index (χ3n) is 3.63. The maximum atomic E-state index is 5.55. The minimum Gasteiger partial charge on any atom is -0.324 e. The Labute approximate surface area is 129 Å². The van der Waals surface area contributed by atoms with Crippen LogP contribution in [0.15, 0.2) is 72.8 Å². The van der Waals surface area contributed by atoms with Gasteiger partial charge in [0, 0.05) is 11.4 Å². The highest BCUT2D eigenvalue weighted by Crippen LogP contribution is 2.34. The second kappa shape index (κ2) is 6.30. The van der Waals surface area contributed by atoms with Crippen molar-refractivity contribution in [3.63, 3.8) is 0 Å².